The second-order valence-electron chi connectivity index (χ2n) is 11.8. The lowest BCUT2D eigenvalue weighted by atomic mass is 9.69. The highest BCUT2D eigenvalue weighted by atomic mass is 16.6. The van der Waals surface area contributed by atoms with Crippen LogP contribution < -0.4 is 9.47 Å². The van der Waals surface area contributed by atoms with E-state index in [2.05, 4.69) is 0 Å². The van der Waals surface area contributed by atoms with Crippen molar-refractivity contribution in [2.75, 3.05) is 32.9 Å². The van der Waals surface area contributed by atoms with Gasteiger partial charge in [-0.2, -0.15) is 0 Å². The van der Waals surface area contributed by atoms with Gasteiger partial charge in [0, 0.05) is 30.9 Å². The number of fused-ring (bicyclic) bond motifs is 3. The Kier molecular flexibility index (Phi) is 8.19. The van der Waals surface area contributed by atoms with Gasteiger partial charge in [0.05, 0.1) is 32.5 Å². The van der Waals surface area contributed by atoms with Crippen LogP contribution in [0, 0.1) is 11.8 Å². The highest BCUT2D eigenvalue weighted by molar-refractivity contribution is 5.76. The average molecular weight is 530 g/mol. The van der Waals surface area contributed by atoms with Crippen molar-refractivity contribution >= 4 is 11.9 Å². The summed E-state index contributed by atoms with van der Waals surface area (Å²) in [6.07, 6.45) is 8.68. The van der Waals surface area contributed by atoms with Gasteiger partial charge in [0.15, 0.2) is 11.5 Å². The topological polar surface area (TPSA) is 94.5 Å². The molecule has 0 aromatic heterocycles. The van der Waals surface area contributed by atoms with Crippen molar-refractivity contribution in [3.8, 4) is 11.5 Å². The zero-order chi connectivity index (χ0) is 26.8. The molecule has 1 amide bonds. The molecule has 4 atom stereocenters. The molecule has 1 spiro atoms. The molecule has 0 bridgehead atoms. The van der Waals surface area contributed by atoms with Gasteiger partial charge in [0.25, 0.3) is 0 Å². The number of carbonyl (C=O) groups excluding carboxylic acids is 1. The third kappa shape index (κ3) is 5.67. The fourth-order valence-electron chi connectivity index (χ4n) is 7.03. The van der Waals surface area contributed by atoms with E-state index in [9.17, 15) is 14.7 Å². The molecule has 3 heterocycles. The van der Waals surface area contributed by atoms with Crippen LogP contribution in [0.3, 0.4) is 0 Å². The summed E-state index contributed by atoms with van der Waals surface area (Å²) in [6.45, 7) is 6.38. The molecule has 210 valence electrons. The van der Waals surface area contributed by atoms with Crippen molar-refractivity contribution in [1.82, 2.24) is 4.90 Å². The fourth-order valence-corrected chi connectivity index (χ4v) is 7.03. The summed E-state index contributed by atoms with van der Waals surface area (Å²) >= 11 is 0. The van der Waals surface area contributed by atoms with Gasteiger partial charge in [-0.15, -0.1) is 0 Å². The highest BCUT2D eigenvalue weighted by Crippen LogP contribution is 2.55. The minimum Gasteiger partial charge on any atom is -0.490 e. The average Bonchev–Trinajstić information content (AvgIpc) is 2.92. The van der Waals surface area contributed by atoms with E-state index in [0.29, 0.717) is 69.6 Å². The molecule has 3 aliphatic heterocycles. The zero-order valence-electron chi connectivity index (χ0n) is 22.9. The van der Waals surface area contributed by atoms with E-state index in [1.807, 2.05) is 36.9 Å². The van der Waals surface area contributed by atoms with Crippen LogP contribution in [0.15, 0.2) is 18.2 Å². The molecule has 2 saturated heterocycles. The van der Waals surface area contributed by atoms with Crippen LogP contribution in [-0.2, 0) is 19.1 Å². The van der Waals surface area contributed by atoms with Crippen molar-refractivity contribution in [2.45, 2.75) is 95.4 Å². The second kappa shape index (κ2) is 11.4. The Labute approximate surface area is 225 Å². The van der Waals surface area contributed by atoms with Crippen LogP contribution in [0.25, 0.3) is 0 Å². The maximum Gasteiger partial charge on any atom is 0.303 e. The van der Waals surface area contributed by atoms with Crippen molar-refractivity contribution in [1.29, 1.82) is 0 Å². The Bertz CT molecular complexity index is 1010. The van der Waals surface area contributed by atoms with Gasteiger partial charge in [-0.1, -0.05) is 44.2 Å². The summed E-state index contributed by atoms with van der Waals surface area (Å²) in [5.41, 5.74) is -0.476. The van der Waals surface area contributed by atoms with Crippen LogP contribution in [0.1, 0.15) is 89.7 Å². The Morgan fingerprint density at radius 2 is 2.00 bits per heavy atom. The largest absolute Gasteiger partial charge is 0.490 e. The molecule has 1 N–H and O–H groups in total. The Balaban J connectivity index is 1.34. The third-order valence-corrected chi connectivity index (χ3v) is 9.15. The third-order valence-electron chi connectivity index (χ3n) is 9.15. The SMILES string of the molecule is CCOc1cccc2c1O[C@](C)(CCC(=O)O)[C@H]1C[C@]3(CO[C@H]21)CN(C(=O)CCC1CCCCC1)CCO3. The summed E-state index contributed by atoms with van der Waals surface area (Å²) < 4.78 is 25.4. The van der Waals surface area contributed by atoms with Gasteiger partial charge in [-0.25, -0.2) is 0 Å². The van der Waals surface area contributed by atoms with Crippen molar-refractivity contribution in [3.63, 3.8) is 0 Å². The number of hydrogen-bond donors (Lipinski definition) is 1. The molecule has 8 heteroatoms. The Morgan fingerprint density at radius 3 is 2.76 bits per heavy atom. The molecule has 4 aliphatic rings. The number of benzene rings is 1. The van der Waals surface area contributed by atoms with Gasteiger partial charge in [0.2, 0.25) is 5.91 Å². The first-order valence-electron chi connectivity index (χ1n) is 14.5. The summed E-state index contributed by atoms with van der Waals surface area (Å²) in [7, 11) is 0. The van der Waals surface area contributed by atoms with E-state index >= 15 is 0 Å². The van der Waals surface area contributed by atoms with E-state index < -0.39 is 17.2 Å². The van der Waals surface area contributed by atoms with Crippen LogP contribution in [0.5, 0.6) is 11.5 Å². The van der Waals surface area contributed by atoms with Crippen LogP contribution in [-0.4, -0.2) is 66.0 Å². The molecule has 0 unspecified atom stereocenters. The fraction of sp³-hybridized carbons (Fsp3) is 0.733. The quantitative estimate of drug-likeness (QED) is 0.498. The zero-order valence-corrected chi connectivity index (χ0v) is 22.9. The van der Waals surface area contributed by atoms with Gasteiger partial charge in [0.1, 0.15) is 11.2 Å². The van der Waals surface area contributed by atoms with E-state index in [1.165, 1.54) is 32.1 Å². The standard InChI is InChI=1S/C30H43NO7/c1-3-35-24-11-7-10-22-27-23(29(2,38-28(22)24)15-14-26(33)34)18-30(20-36-27)19-31(16-17-37-30)25(32)13-12-21-8-5-4-6-9-21/h7,10-11,21,23,27H,3-6,8-9,12-20H2,1-2H3,(H,33,34)/t23-,27+,29+,30+/m0/s1. The number of carboxylic acids is 1. The smallest absolute Gasteiger partial charge is 0.303 e. The lowest BCUT2D eigenvalue weighted by molar-refractivity contribution is -0.233. The van der Waals surface area contributed by atoms with Crippen molar-refractivity contribution in [2.24, 2.45) is 11.8 Å². The number of hydrogen-bond acceptors (Lipinski definition) is 6. The molecule has 38 heavy (non-hydrogen) atoms. The first kappa shape index (κ1) is 27.3. The second-order valence-corrected chi connectivity index (χ2v) is 11.8. The number of carbonyl (C=O) groups is 2. The lowest BCUT2D eigenvalue weighted by Gasteiger charge is -2.55. The first-order chi connectivity index (χ1) is 18.3. The van der Waals surface area contributed by atoms with Gasteiger partial charge in [-0.3, -0.25) is 9.59 Å². The monoisotopic (exact) mass is 529 g/mol. The van der Waals surface area contributed by atoms with Crippen LogP contribution in [0.4, 0.5) is 0 Å². The predicted octanol–water partition coefficient (Wildman–Crippen LogP) is 5.14. The van der Waals surface area contributed by atoms with Gasteiger partial charge < -0.3 is 29.0 Å². The molecular weight excluding hydrogens is 486 g/mol. The van der Waals surface area contributed by atoms with E-state index in [0.717, 1.165) is 12.0 Å². The molecule has 8 nitrogen and oxygen atoms in total. The van der Waals surface area contributed by atoms with E-state index in [4.69, 9.17) is 18.9 Å². The number of morpholine rings is 1. The number of rotatable bonds is 8. The summed E-state index contributed by atoms with van der Waals surface area (Å²) in [5, 5.41) is 9.49. The number of aliphatic carboxylic acids is 1. The van der Waals surface area contributed by atoms with Gasteiger partial charge in [-0.05, 0) is 45.1 Å². The van der Waals surface area contributed by atoms with Crippen LogP contribution in [0.2, 0.25) is 0 Å². The summed E-state index contributed by atoms with van der Waals surface area (Å²) in [5.74, 6) is 1.20. The minimum atomic E-state index is -0.856. The first-order valence-corrected chi connectivity index (χ1v) is 14.5. The summed E-state index contributed by atoms with van der Waals surface area (Å²) in [6, 6.07) is 5.83. The molecule has 0 radical (unpaired) electrons. The molecule has 3 fully saturated rings. The molecule has 1 saturated carbocycles. The normalized spacial score (nSPS) is 31.3. The number of amides is 1. The lowest BCUT2D eigenvalue weighted by Crippen LogP contribution is -2.62. The highest BCUT2D eigenvalue weighted by Gasteiger charge is 2.56. The molecule has 1 aliphatic carbocycles. The molecule has 1 aromatic carbocycles. The van der Waals surface area contributed by atoms with Crippen molar-refractivity contribution in [3.05, 3.63) is 23.8 Å². The van der Waals surface area contributed by atoms with Crippen molar-refractivity contribution < 1.29 is 33.6 Å². The number of para-hydroxylation sites is 1. The Morgan fingerprint density at radius 1 is 1.18 bits per heavy atom. The number of carboxylic acid groups (broad SMARTS) is 1. The van der Waals surface area contributed by atoms with E-state index in [-0.39, 0.29) is 24.3 Å². The molecule has 5 rings (SSSR count). The predicted molar refractivity (Wildman–Crippen MR) is 141 cm³/mol. The number of ether oxygens (including phenoxy) is 4. The number of nitrogens with zero attached hydrogens (tertiary/aromatic N) is 1. The molecular formula is C30H43NO7. The maximum atomic E-state index is 13.2. The maximum absolute atomic E-state index is 13.2. The van der Waals surface area contributed by atoms with Gasteiger partial charge >= 0.3 is 5.97 Å². The minimum absolute atomic E-state index is 0.00844. The molecule has 1 aromatic rings. The van der Waals surface area contributed by atoms with E-state index in [1.54, 1.807) is 0 Å². The summed E-state index contributed by atoms with van der Waals surface area (Å²) in [4.78, 5) is 26.8. The Hall–Kier alpha value is -2.32. The van der Waals surface area contributed by atoms with Crippen LogP contribution >= 0.6 is 0 Å².